The molecule has 0 atom stereocenters. The van der Waals surface area contributed by atoms with Crippen LogP contribution >= 0.6 is 11.6 Å². The molecule has 0 amide bonds. The van der Waals surface area contributed by atoms with E-state index in [0.29, 0.717) is 10.9 Å². The van der Waals surface area contributed by atoms with E-state index in [1.165, 1.54) is 17.5 Å². The Morgan fingerprint density at radius 2 is 2.00 bits per heavy atom. The molecule has 0 aliphatic heterocycles. The van der Waals surface area contributed by atoms with Gasteiger partial charge in [0.25, 0.3) is 5.78 Å². The molecule has 3 aromatic rings. The predicted octanol–water partition coefficient (Wildman–Crippen LogP) is 2.72. The van der Waals surface area contributed by atoms with Crippen LogP contribution in [0.1, 0.15) is 11.1 Å². The second-order valence-electron chi connectivity index (χ2n) is 4.75. The van der Waals surface area contributed by atoms with E-state index in [1.54, 1.807) is 10.6 Å². The number of hydrogen-bond donors (Lipinski definition) is 0. The number of aromatic nitrogens is 4. The maximum absolute atomic E-state index is 6.03. The number of anilines is 1. The molecular weight excluding hydrogens is 274 g/mol. The standard InChI is InChI=1S/C14H14ClN5/c1-10-3-5-11(6-4-10)8-19(2)13-7-12(15)18-14-16-9-17-20(13)14/h3-7,9H,8H2,1-2H3. The molecule has 3 rings (SSSR count). The van der Waals surface area contributed by atoms with Gasteiger partial charge in [-0.2, -0.15) is 19.6 Å². The number of hydrogen-bond acceptors (Lipinski definition) is 4. The van der Waals surface area contributed by atoms with E-state index in [9.17, 15) is 0 Å². The van der Waals surface area contributed by atoms with E-state index in [-0.39, 0.29) is 0 Å². The van der Waals surface area contributed by atoms with Crippen molar-refractivity contribution in [2.24, 2.45) is 0 Å². The SMILES string of the molecule is Cc1ccc(CN(C)c2cc(Cl)nc3ncnn23)cc1. The smallest absolute Gasteiger partial charge is 0.255 e. The molecule has 0 fully saturated rings. The Kier molecular flexibility index (Phi) is 3.28. The Labute approximate surface area is 121 Å². The highest BCUT2D eigenvalue weighted by Crippen LogP contribution is 2.19. The molecule has 2 aromatic heterocycles. The molecule has 102 valence electrons. The van der Waals surface area contributed by atoms with Gasteiger partial charge in [0.2, 0.25) is 0 Å². The third-order valence-corrected chi connectivity index (χ3v) is 3.33. The molecule has 2 heterocycles. The number of benzene rings is 1. The Hall–Kier alpha value is -2.14. The van der Waals surface area contributed by atoms with Crippen LogP contribution in [0.25, 0.3) is 5.78 Å². The lowest BCUT2D eigenvalue weighted by atomic mass is 10.1. The maximum atomic E-state index is 6.03. The van der Waals surface area contributed by atoms with E-state index in [0.717, 1.165) is 12.4 Å². The number of nitrogens with zero attached hydrogens (tertiary/aromatic N) is 5. The molecule has 0 N–H and O–H groups in total. The minimum atomic E-state index is 0.413. The van der Waals surface area contributed by atoms with Crippen LogP contribution in [0.15, 0.2) is 36.7 Å². The molecular formula is C14H14ClN5. The maximum Gasteiger partial charge on any atom is 0.255 e. The molecule has 0 radical (unpaired) electrons. The van der Waals surface area contributed by atoms with Gasteiger partial charge in [-0.05, 0) is 12.5 Å². The van der Waals surface area contributed by atoms with E-state index >= 15 is 0 Å². The Balaban J connectivity index is 1.93. The first-order valence-electron chi connectivity index (χ1n) is 6.26. The Bertz CT molecular complexity index is 735. The lowest BCUT2D eigenvalue weighted by Crippen LogP contribution is -2.20. The second kappa shape index (κ2) is 5.09. The molecule has 0 saturated carbocycles. The van der Waals surface area contributed by atoms with Crippen LogP contribution in [-0.4, -0.2) is 26.6 Å². The van der Waals surface area contributed by atoms with Crippen molar-refractivity contribution in [2.45, 2.75) is 13.5 Å². The lowest BCUT2D eigenvalue weighted by Gasteiger charge is -2.20. The lowest BCUT2D eigenvalue weighted by molar-refractivity contribution is 0.832. The molecule has 0 spiro atoms. The van der Waals surface area contributed by atoms with Crippen molar-refractivity contribution in [3.8, 4) is 0 Å². The van der Waals surface area contributed by atoms with E-state index in [1.807, 2.05) is 7.05 Å². The largest absolute Gasteiger partial charge is 0.355 e. The molecule has 0 aliphatic rings. The van der Waals surface area contributed by atoms with Gasteiger partial charge in [-0.3, -0.25) is 0 Å². The normalized spacial score (nSPS) is 10.9. The third kappa shape index (κ3) is 2.44. The van der Waals surface area contributed by atoms with Gasteiger partial charge < -0.3 is 4.90 Å². The summed E-state index contributed by atoms with van der Waals surface area (Å²) in [5.41, 5.74) is 2.47. The monoisotopic (exact) mass is 287 g/mol. The first-order valence-corrected chi connectivity index (χ1v) is 6.64. The van der Waals surface area contributed by atoms with Gasteiger partial charge >= 0.3 is 0 Å². The van der Waals surface area contributed by atoms with Gasteiger partial charge in [0, 0.05) is 19.7 Å². The highest BCUT2D eigenvalue weighted by atomic mass is 35.5. The van der Waals surface area contributed by atoms with Crippen LogP contribution in [0.2, 0.25) is 5.15 Å². The first-order chi connectivity index (χ1) is 9.63. The van der Waals surface area contributed by atoms with Crippen LogP contribution in [0.3, 0.4) is 0 Å². The van der Waals surface area contributed by atoms with Gasteiger partial charge in [-0.1, -0.05) is 41.4 Å². The van der Waals surface area contributed by atoms with Gasteiger partial charge in [-0.25, -0.2) is 0 Å². The number of rotatable bonds is 3. The highest BCUT2D eigenvalue weighted by Gasteiger charge is 2.11. The summed E-state index contributed by atoms with van der Waals surface area (Å²) in [4.78, 5) is 10.3. The van der Waals surface area contributed by atoms with Crippen LogP contribution in [0.4, 0.5) is 5.82 Å². The summed E-state index contributed by atoms with van der Waals surface area (Å²) in [7, 11) is 1.99. The molecule has 0 aliphatic carbocycles. The average molecular weight is 288 g/mol. The van der Waals surface area contributed by atoms with Crippen molar-refractivity contribution in [2.75, 3.05) is 11.9 Å². The Morgan fingerprint density at radius 3 is 2.75 bits per heavy atom. The van der Waals surface area contributed by atoms with Crippen molar-refractivity contribution in [3.05, 3.63) is 52.9 Å². The predicted molar refractivity (Wildman–Crippen MR) is 79.1 cm³/mol. The molecule has 20 heavy (non-hydrogen) atoms. The van der Waals surface area contributed by atoms with Crippen LogP contribution < -0.4 is 4.90 Å². The molecule has 1 aromatic carbocycles. The second-order valence-corrected chi connectivity index (χ2v) is 5.14. The molecule has 5 nitrogen and oxygen atoms in total. The van der Waals surface area contributed by atoms with E-state index < -0.39 is 0 Å². The first kappa shape index (κ1) is 12.9. The molecule has 6 heteroatoms. The van der Waals surface area contributed by atoms with Crippen molar-refractivity contribution in [1.29, 1.82) is 0 Å². The fraction of sp³-hybridized carbons (Fsp3) is 0.214. The number of aryl methyl sites for hydroxylation is 1. The fourth-order valence-electron chi connectivity index (χ4n) is 2.09. The zero-order chi connectivity index (χ0) is 14.1. The quantitative estimate of drug-likeness (QED) is 0.695. The van der Waals surface area contributed by atoms with Crippen molar-refractivity contribution >= 4 is 23.2 Å². The summed E-state index contributed by atoms with van der Waals surface area (Å²) in [5.74, 6) is 1.36. The summed E-state index contributed by atoms with van der Waals surface area (Å²) < 4.78 is 1.68. The summed E-state index contributed by atoms with van der Waals surface area (Å²) >= 11 is 6.03. The van der Waals surface area contributed by atoms with Crippen LogP contribution in [-0.2, 0) is 6.54 Å². The zero-order valence-electron chi connectivity index (χ0n) is 11.3. The highest BCUT2D eigenvalue weighted by molar-refractivity contribution is 6.29. The van der Waals surface area contributed by atoms with Crippen molar-refractivity contribution in [1.82, 2.24) is 19.6 Å². The van der Waals surface area contributed by atoms with E-state index in [4.69, 9.17) is 11.6 Å². The van der Waals surface area contributed by atoms with Crippen molar-refractivity contribution in [3.63, 3.8) is 0 Å². The zero-order valence-corrected chi connectivity index (χ0v) is 12.0. The van der Waals surface area contributed by atoms with Gasteiger partial charge in [-0.15, -0.1) is 0 Å². The molecule has 0 unspecified atom stereocenters. The number of halogens is 1. The van der Waals surface area contributed by atoms with Crippen LogP contribution in [0.5, 0.6) is 0 Å². The molecule has 0 bridgehead atoms. The van der Waals surface area contributed by atoms with E-state index in [2.05, 4.69) is 51.2 Å². The average Bonchev–Trinajstić information content (AvgIpc) is 2.88. The summed E-state index contributed by atoms with van der Waals surface area (Å²) in [6.45, 7) is 2.84. The van der Waals surface area contributed by atoms with Gasteiger partial charge in [0.15, 0.2) is 0 Å². The van der Waals surface area contributed by atoms with Crippen LogP contribution in [0, 0.1) is 6.92 Å². The Morgan fingerprint density at radius 1 is 1.25 bits per heavy atom. The summed E-state index contributed by atoms with van der Waals surface area (Å²) in [6.07, 6.45) is 1.47. The minimum Gasteiger partial charge on any atom is -0.355 e. The van der Waals surface area contributed by atoms with Gasteiger partial charge in [0.1, 0.15) is 17.3 Å². The van der Waals surface area contributed by atoms with Crippen molar-refractivity contribution < 1.29 is 0 Å². The molecule has 0 saturated heterocycles. The van der Waals surface area contributed by atoms with Gasteiger partial charge in [0.05, 0.1) is 0 Å². The summed E-state index contributed by atoms with van der Waals surface area (Å²) in [5, 5.41) is 4.59. The summed E-state index contributed by atoms with van der Waals surface area (Å²) in [6, 6.07) is 10.2. The topological polar surface area (TPSA) is 46.3 Å². The third-order valence-electron chi connectivity index (χ3n) is 3.13. The number of fused-ring (bicyclic) bond motifs is 1. The fourth-order valence-corrected chi connectivity index (χ4v) is 2.26. The minimum absolute atomic E-state index is 0.413.